The second-order valence-corrected chi connectivity index (χ2v) is 8.87. The van der Waals surface area contributed by atoms with Crippen LogP contribution in [-0.4, -0.2) is 53.2 Å². The number of fused-ring (bicyclic) bond motifs is 1. The maximum Gasteiger partial charge on any atom is 0.272 e. The summed E-state index contributed by atoms with van der Waals surface area (Å²) in [4.78, 5) is 20.1. The lowest BCUT2D eigenvalue weighted by Crippen LogP contribution is -2.30. The number of methoxy groups -OCH3 is 2. The SMILES string of the molecule is COc1ccc(CCN(C)C(=O)c2cc(-c3ccc(F)cc3)nc3cc(-c4ccccc4)nn23)cc1OC. The van der Waals surface area contributed by atoms with Gasteiger partial charge in [0.15, 0.2) is 17.1 Å². The molecule has 0 radical (unpaired) electrons. The van der Waals surface area contributed by atoms with Gasteiger partial charge in [0.05, 0.1) is 25.6 Å². The maximum atomic E-state index is 13.7. The van der Waals surface area contributed by atoms with Crippen molar-refractivity contribution < 1.29 is 18.7 Å². The molecule has 0 atom stereocenters. The molecule has 3 aromatic carbocycles. The zero-order valence-electron chi connectivity index (χ0n) is 21.4. The number of nitrogens with zero attached hydrogens (tertiary/aromatic N) is 4. The molecule has 38 heavy (non-hydrogen) atoms. The number of benzene rings is 3. The molecule has 8 heteroatoms. The van der Waals surface area contributed by atoms with Gasteiger partial charge in [0, 0.05) is 30.8 Å². The van der Waals surface area contributed by atoms with Crippen molar-refractivity contribution in [3.63, 3.8) is 0 Å². The van der Waals surface area contributed by atoms with Crippen molar-refractivity contribution >= 4 is 11.6 Å². The molecule has 7 nitrogen and oxygen atoms in total. The van der Waals surface area contributed by atoms with E-state index in [1.807, 2.05) is 54.6 Å². The van der Waals surface area contributed by atoms with Crippen LogP contribution in [0.25, 0.3) is 28.2 Å². The number of likely N-dealkylation sites (N-methyl/N-ethyl adjacent to an activating group) is 1. The first-order chi connectivity index (χ1) is 18.5. The van der Waals surface area contributed by atoms with Crippen molar-refractivity contribution in [1.82, 2.24) is 19.5 Å². The number of hydrogen-bond donors (Lipinski definition) is 0. The minimum atomic E-state index is -0.336. The van der Waals surface area contributed by atoms with E-state index < -0.39 is 0 Å². The summed E-state index contributed by atoms with van der Waals surface area (Å²) in [7, 11) is 4.95. The van der Waals surface area contributed by atoms with Crippen LogP contribution in [0.2, 0.25) is 0 Å². The highest BCUT2D eigenvalue weighted by molar-refractivity contribution is 5.94. The van der Waals surface area contributed by atoms with Gasteiger partial charge < -0.3 is 14.4 Å². The predicted octanol–water partition coefficient (Wildman–Crippen LogP) is 5.53. The van der Waals surface area contributed by atoms with E-state index in [1.54, 1.807) is 48.9 Å². The first-order valence-corrected chi connectivity index (χ1v) is 12.2. The smallest absolute Gasteiger partial charge is 0.272 e. The highest BCUT2D eigenvalue weighted by Crippen LogP contribution is 2.28. The number of ether oxygens (including phenoxy) is 2. The van der Waals surface area contributed by atoms with E-state index in [1.165, 1.54) is 12.1 Å². The van der Waals surface area contributed by atoms with Gasteiger partial charge in [0.1, 0.15) is 11.5 Å². The van der Waals surface area contributed by atoms with Crippen molar-refractivity contribution in [2.75, 3.05) is 27.8 Å². The Balaban J connectivity index is 1.49. The molecule has 2 aromatic heterocycles. The number of rotatable bonds is 8. The molecule has 5 rings (SSSR count). The first kappa shape index (κ1) is 25.0. The Morgan fingerprint density at radius 3 is 2.29 bits per heavy atom. The Kier molecular flexibility index (Phi) is 7.04. The van der Waals surface area contributed by atoms with Crippen LogP contribution < -0.4 is 9.47 Å². The van der Waals surface area contributed by atoms with Gasteiger partial charge in [-0.25, -0.2) is 13.9 Å². The minimum absolute atomic E-state index is 0.205. The fraction of sp³-hybridized carbons (Fsp3) is 0.167. The molecule has 1 amide bonds. The fourth-order valence-electron chi connectivity index (χ4n) is 4.28. The first-order valence-electron chi connectivity index (χ1n) is 12.2. The lowest BCUT2D eigenvalue weighted by atomic mass is 10.1. The average molecular weight is 511 g/mol. The lowest BCUT2D eigenvalue weighted by molar-refractivity contribution is 0.0788. The van der Waals surface area contributed by atoms with Crippen molar-refractivity contribution in [3.8, 4) is 34.0 Å². The van der Waals surface area contributed by atoms with Crippen LogP contribution in [-0.2, 0) is 6.42 Å². The summed E-state index contributed by atoms with van der Waals surface area (Å²) in [6.45, 7) is 0.469. The van der Waals surface area contributed by atoms with Crippen LogP contribution in [0.4, 0.5) is 4.39 Å². The molecule has 0 unspecified atom stereocenters. The van der Waals surface area contributed by atoms with Crippen LogP contribution in [0.1, 0.15) is 16.1 Å². The van der Waals surface area contributed by atoms with Crippen molar-refractivity contribution in [1.29, 1.82) is 0 Å². The molecule has 2 heterocycles. The van der Waals surface area contributed by atoms with Crippen molar-refractivity contribution in [2.24, 2.45) is 0 Å². The molecular weight excluding hydrogens is 483 g/mol. The molecule has 0 fully saturated rings. The van der Waals surface area contributed by atoms with Gasteiger partial charge >= 0.3 is 0 Å². The molecule has 0 aliphatic rings. The minimum Gasteiger partial charge on any atom is -0.493 e. The van der Waals surface area contributed by atoms with E-state index in [4.69, 9.17) is 19.6 Å². The summed E-state index contributed by atoms with van der Waals surface area (Å²) in [6.07, 6.45) is 0.621. The van der Waals surface area contributed by atoms with Gasteiger partial charge in [-0.3, -0.25) is 4.79 Å². The molecular formula is C30H27FN4O3. The Morgan fingerprint density at radius 1 is 0.868 bits per heavy atom. The van der Waals surface area contributed by atoms with Gasteiger partial charge in [-0.1, -0.05) is 36.4 Å². The molecule has 0 aliphatic carbocycles. The Morgan fingerprint density at radius 2 is 1.58 bits per heavy atom. The molecule has 0 N–H and O–H groups in total. The Bertz CT molecular complexity index is 1580. The predicted molar refractivity (Wildman–Crippen MR) is 144 cm³/mol. The summed E-state index contributed by atoms with van der Waals surface area (Å²) in [6, 6.07) is 25.1. The molecule has 5 aromatic rings. The van der Waals surface area contributed by atoms with Gasteiger partial charge in [0.2, 0.25) is 0 Å². The molecule has 0 saturated heterocycles. The van der Waals surface area contributed by atoms with E-state index in [9.17, 15) is 9.18 Å². The van der Waals surface area contributed by atoms with Crippen LogP contribution in [0.15, 0.2) is 84.9 Å². The number of aromatic nitrogens is 3. The van der Waals surface area contributed by atoms with E-state index in [-0.39, 0.29) is 11.7 Å². The normalized spacial score (nSPS) is 10.9. The second kappa shape index (κ2) is 10.7. The van der Waals surface area contributed by atoms with Crippen LogP contribution in [0.3, 0.4) is 0 Å². The topological polar surface area (TPSA) is 69.0 Å². The van der Waals surface area contributed by atoms with E-state index in [0.29, 0.717) is 52.8 Å². The zero-order chi connectivity index (χ0) is 26.6. The van der Waals surface area contributed by atoms with Gasteiger partial charge in [-0.2, -0.15) is 5.10 Å². The van der Waals surface area contributed by atoms with Gasteiger partial charge in [0.25, 0.3) is 5.91 Å². The zero-order valence-corrected chi connectivity index (χ0v) is 21.4. The quantitative estimate of drug-likeness (QED) is 0.274. The molecule has 0 spiro atoms. The molecule has 0 saturated carbocycles. The summed E-state index contributed by atoms with van der Waals surface area (Å²) < 4.78 is 25.9. The number of halogens is 1. The van der Waals surface area contributed by atoms with Gasteiger partial charge in [-0.05, 0) is 54.4 Å². The third kappa shape index (κ3) is 5.06. The number of hydrogen-bond acceptors (Lipinski definition) is 5. The van der Waals surface area contributed by atoms with E-state index >= 15 is 0 Å². The number of carbonyl (C=O) groups excluding carboxylic acids is 1. The highest BCUT2D eigenvalue weighted by Gasteiger charge is 2.20. The number of amides is 1. The summed E-state index contributed by atoms with van der Waals surface area (Å²) in [5, 5.41) is 4.71. The van der Waals surface area contributed by atoms with E-state index in [2.05, 4.69) is 0 Å². The summed E-state index contributed by atoms with van der Waals surface area (Å²) in [5.74, 6) is 0.755. The molecule has 192 valence electrons. The van der Waals surface area contributed by atoms with Crippen molar-refractivity contribution in [2.45, 2.75) is 6.42 Å². The van der Waals surface area contributed by atoms with E-state index in [0.717, 1.165) is 11.1 Å². The largest absolute Gasteiger partial charge is 0.493 e. The lowest BCUT2D eigenvalue weighted by Gasteiger charge is -2.18. The average Bonchev–Trinajstić information content (AvgIpc) is 3.40. The second-order valence-electron chi connectivity index (χ2n) is 8.87. The Hall–Kier alpha value is -4.72. The summed E-state index contributed by atoms with van der Waals surface area (Å²) >= 11 is 0. The Labute approximate surface area is 220 Å². The third-order valence-electron chi connectivity index (χ3n) is 6.39. The van der Waals surface area contributed by atoms with Crippen LogP contribution >= 0.6 is 0 Å². The summed E-state index contributed by atoms with van der Waals surface area (Å²) in [5.41, 5.74) is 4.80. The van der Waals surface area contributed by atoms with Gasteiger partial charge in [-0.15, -0.1) is 0 Å². The molecule has 0 aliphatic heterocycles. The molecule has 0 bridgehead atoms. The number of carbonyl (C=O) groups is 1. The monoisotopic (exact) mass is 510 g/mol. The third-order valence-corrected chi connectivity index (χ3v) is 6.39. The maximum absolute atomic E-state index is 13.7. The fourth-order valence-corrected chi connectivity index (χ4v) is 4.28. The van der Waals surface area contributed by atoms with Crippen LogP contribution in [0.5, 0.6) is 11.5 Å². The van der Waals surface area contributed by atoms with Crippen LogP contribution in [0, 0.1) is 5.82 Å². The standard InChI is InChI=1S/C30H27FN4O3/c1-34(16-15-20-9-14-27(37-2)28(17-20)38-3)30(36)26-18-24(22-10-12-23(31)13-11-22)32-29-19-25(33-35(26)29)21-7-5-4-6-8-21/h4-14,17-19H,15-16H2,1-3H3. The van der Waals surface area contributed by atoms with Crippen molar-refractivity contribution in [3.05, 3.63) is 102 Å². The highest BCUT2D eigenvalue weighted by atomic mass is 19.1.